The molecule has 1 unspecified atom stereocenters. The van der Waals surface area contributed by atoms with Crippen molar-refractivity contribution in [2.75, 3.05) is 31.7 Å². The second kappa shape index (κ2) is 8.07. The van der Waals surface area contributed by atoms with E-state index < -0.39 is 0 Å². The molecule has 1 amide bonds. The summed E-state index contributed by atoms with van der Waals surface area (Å²) in [6, 6.07) is 7.13. The number of carbonyl (C=O) groups excluding carboxylic acids is 1. The van der Waals surface area contributed by atoms with Crippen LogP contribution in [0.25, 0.3) is 0 Å². The first-order chi connectivity index (χ1) is 10.1. The summed E-state index contributed by atoms with van der Waals surface area (Å²) in [5.41, 5.74) is 7.03. The number of thiocarbonyl (C=S) groups is 1. The maximum Gasteiger partial charge on any atom is 0.226 e. The number of hydrogen-bond acceptors (Lipinski definition) is 4. The highest BCUT2D eigenvalue weighted by molar-refractivity contribution is 7.80. The van der Waals surface area contributed by atoms with Crippen LogP contribution in [-0.4, -0.2) is 37.3 Å². The first-order valence-electron chi connectivity index (χ1n) is 7.00. The fourth-order valence-electron chi connectivity index (χ4n) is 2.07. The van der Waals surface area contributed by atoms with E-state index in [1.165, 1.54) is 0 Å². The zero-order valence-corrected chi connectivity index (χ0v) is 12.7. The topological polar surface area (TPSA) is 73.6 Å². The number of benzene rings is 1. The van der Waals surface area contributed by atoms with Crippen molar-refractivity contribution in [2.45, 2.75) is 12.8 Å². The van der Waals surface area contributed by atoms with Crippen molar-refractivity contribution in [2.24, 2.45) is 11.7 Å². The SMILES string of the molecule is NC(=S)c1ccc(NC(=O)CCOCC2CCOC2)cc1. The minimum atomic E-state index is -0.0688. The Kier molecular flexibility index (Phi) is 6.10. The summed E-state index contributed by atoms with van der Waals surface area (Å²) in [5, 5.41) is 2.81. The molecule has 1 saturated heterocycles. The largest absolute Gasteiger partial charge is 0.389 e. The Bertz CT molecular complexity index is 484. The molecule has 1 fully saturated rings. The minimum absolute atomic E-state index is 0.0688. The molecular weight excluding hydrogens is 288 g/mol. The zero-order chi connectivity index (χ0) is 15.1. The van der Waals surface area contributed by atoms with Gasteiger partial charge in [-0.3, -0.25) is 4.79 Å². The first kappa shape index (κ1) is 15.9. The summed E-state index contributed by atoms with van der Waals surface area (Å²) in [6.07, 6.45) is 1.38. The molecule has 1 aromatic carbocycles. The van der Waals surface area contributed by atoms with Crippen LogP contribution in [0.1, 0.15) is 18.4 Å². The monoisotopic (exact) mass is 308 g/mol. The van der Waals surface area contributed by atoms with E-state index in [2.05, 4.69) is 5.32 Å². The van der Waals surface area contributed by atoms with E-state index in [4.69, 9.17) is 27.4 Å². The van der Waals surface area contributed by atoms with Gasteiger partial charge < -0.3 is 20.5 Å². The van der Waals surface area contributed by atoms with Gasteiger partial charge in [0.2, 0.25) is 5.91 Å². The maximum atomic E-state index is 11.8. The molecule has 0 bridgehead atoms. The van der Waals surface area contributed by atoms with Crippen molar-refractivity contribution in [3.05, 3.63) is 29.8 Å². The van der Waals surface area contributed by atoms with Crippen molar-refractivity contribution >= 4 is 28.8 Å². The number of anilines is 1. The summed E-state index contributed by atoms with van der Waals surface area (Å²) in [7, 11) is 0. The second-order valence-corrected chi connectivity index (χ2v) is 5.48. The standard InChI is InChI=1S/C15H20N2O3S/c16-15(21)12-1-3-13(4-2-12)17-14(18)6-8-20-10-11-5-7-19-9-11/h1-4,11H,5-10H2,(H2,16,21)(H,17,18). The fourth-order valence-corrected chi connectivity index (χ4v) is 2.21. The van der Waals surface area contributed by atoms with Gasteiger partial charge in [-0.25, -0.2) is 0 Å². The summed E-state index contributed by atoms with van der Waals surface area (Å²) < 4.78 is 10.8. The molecule has 6 heteroatoms. The van der Waals surface area contributed by atoms with Gasteiger partial charge in [-0.05, 0) is 30.7 Å². The van der Waals surface area contributed by atoms with Crippen LogP contribution in [0.5, 0.6) is 0 Å². The molecule has 1 atom stereocenters. The quantitative estimate of drug-likeness (QED) is 0.592. The van der Waals surface area contributed by atoms with Gasteiger partial charge >= 0.3 is 0 Å². The number of nitrogens with two attached hydrogens (primary N) is 1. The molecule has 2 rings (SSSR count). The van der Waals surface area contributed by atoms with Crippen LogP contribution < -0.4 is 11.1 Å². The van der Waals surface area contributed by atoms with Gasteiger partial charge in [0, 0.05) is 23.8 Å². The Morgan fingerprint density at radius 1 is 1.43 bits per heavy atom. The summed E-state index contributed by atoms with van der Waals surface area (Å²) >= 11 is 4.87. The Labute approximate surface area is 129 Å². The van der Waals surface area contributed by atoms with E-state index in [1.54, 1.807) is 24.3 Å². The molecule has 3 N–H and O–H groups in total. The average molecular weight is 308 g/mol. The van der Waals surface area contributed by atoms with Crippen LogP contribution in [0.4, 0.5) is 5.69 Å². The zero-order valence-electron chi connectivity index (χ0n) is 11.8. The fraction of sp³-hybridized carbons (Fsp3) is 0.467. The number of carbonyl (C=O) groups is 1. The van der Waals surface area contributed by atoms with Gasteiger partial charge in [0.25, 0.3) is 0 Å². The molecule has 0 radical (unpaired) electrons. The Hall–Kier alpha value is -1.50. The molecule has 114 valence electrons. The van der Waals surface area contributed by atoms with Crippen LogP contribution in [0.2, 0.25) is 0 Å². The van der Waals surface area contributed by atoms with Gasteiger partial charge in [0.15, 0.2) is 0 Å². The smallest absolute Gasteiger partial charge is 0.226 e. The summed E-state index contributed by atoms with van der Waals surface area (Å²) in [6.45, 7) is 2.67. The molecule has 5 nitrogen and oxygen atoms in total. The highest BCUT2D eigenvalue weighted by Gasteiger charge is 2.15. The van der Waals surface area contributed by atoms with Crippen molar-refractivity contribution in [3.8, 4) is 0 Å². The average Bonchev–Trinajstić information content (AvgIpc) is 2.97. The molecule has 0 spiro atoms. The third kappa shape index (κ3) is 5.41. The van der Waals surface area contributed by atoms with Gasteiger partial charge in [0.1, 0.15) is 4.99 Å². The number of ether oxygens (including phenoxy) is 2. The molecule has 1 aromatic rings. The lowest BCUT2D eigenvalue weighted by Crippen LogP contribution is -2.16. The van der Waals surface area contributed by atoms with Crippen LogP contribution in [0, 0.1) is 5.92 Å². The van der Waals surface area contributed by atoms with E-state index in [-0.39, 0.29) is 5.91 Å². The van der Waals surface area contributed by atoms with Crippen LogP contribution >= 0.6 is 12.2 Å². The molecule has 21 heavy (non-hydrogen) atoms. The third-order valence-electron chi connectivity index (χ3n) is 3.30. The van der Waals surface area contributed by atoms with E-state index >= 15 is 0 Å². The highest BCUT2D eigenvalue weighted by Crippen LogP contribution is 2.13. The van der Waals surface area contributed by atoms with Gasteiger partial charge in [0.05, 0.1) is 26.2 Å². The van der Waals surface area contributed by atoms with Crippen LogP contribution in [0.3, 0.4) is 0 Å². The van der Waals surface area contributed by atoms with Crippen LogP contribution in [0.15, 0.2) is 24.3 Å². The van der Waals surface area contributed by atoms with Crippen molar-refractivity contribution in [1.82, 2.24) is 0 Å². The Morgan fingerprint density at radius 3 is 2.81 bits per heavy atom. The second-order valence-electron chi connectivity index (χ2n) is 5.04. The molecular formula is C15H20N2O3S. The normalized spacial score (nSPS) is 17.6. The lowest BCUT2D eigenvalue weighted by atomic mass is 10.1. The number of rotatable bonds is 7. The Morgan fingerprint density at radius 2 is 2.19 bits per heavy atom. The van der Waals surface area contributed by atoms with Gasteiger partial charge in [-0.1, -0.05) is 12.2 Å². The highest BCUT2D eigenvalue weighted by atomic mass is 32.1. The predicted molar refractivity (Wildman–Crippen MR) is 85.3 cm³/mol. The summed E-state index contributed by atoms with van der Waals surface area (Å²) in [4.78, 5) is 12.1. The third-order valence-corrected chi connectivity index (χ3v) is 3.54. The van der Waals surface area contributed by atoms with Gasteiger partial charge in [-0.2, -0.15) is 0 Å². The number of hydrogen-bond donors (Lipinski definition) is 2. The van der Waals surface area contributed by atoms with E-state index in [0.717, 1.165) is 30.9 Å². The van der Waals surface area contributed by atoms with E-state index in [1.807, 2.05) is 0 Å². The van der Waals surface area contributed by atoms with Crippen molar-refractivity contribution in [3.63, 3.8) is 0 Å². The predicted octanol–water partition coefficient (Wildman–Crippen LogP) is 1.70. The lowest BCUT2D eigenvalue weighted by Gasteiger charge is -2.09. The van der Waals surface area contributed by atoms with E-state index in [0.29, 0.717) is 30.5 Å². The lowest BCUT2D eigenvalue weighted by molar-refractivity contribution is -0.117. The van der Waals surface area contributed by atoms with Crippen LogP contribution in [-0.2, 0) is 14.3 Å². The Balaban J connectivity index is 1.65. The molecule has 0 saturated carbocycles. The van der Waals surface area contributed by atoms with Crippen molar-refractivity contribution < 1.29 is 14.3 Å². The van der Waals surface area contributed by atoms with Gasteiger partial charge in [-0.15, -0.1) is 0 Å². The summed E-state index contributed by atoms with van der Waals surface area (Å²) in [5.74, 6) is 0.404. The van der Waals surface area contributed by atoms with Crippen molar-refractivity contribution in [1.29, 1.82) is 0 Å². The maximum absolute atomic E-state index is 11.8. The molecule has 0 aliphatic carbocycles. The molecule has 1 aliphatic rings. The molecule has 1 heterocycles. The number of nitrogens with one attached hydrogen (secondary N) is 1. The first-order valence-corrected chi connectivity index (χ1v) is 7.41. The number of amides is 1. The van der Waals surface area contributed by atoms with E-state index in [9.17, 15) is 4.79 Å². The molecule has 1 aliphatic heterocycles. The minimum Gasteiger partial charge on any atom is -0.389 e. The molecule has 0 aromatic heterocycles.